The van der Waals surface area contributed by atoms with Gasteiger partial charge in [-0.15, -0.1) is 0 Å². The van der Waals surface area contributed by atoms with Crippen LogP contribution < -0.4 is 0 Å². The van der Waals surface area contributed by atoms with Crippen LogP contribution in [0.4, 0.5) is 0 Å². The highest BCUT2D eigenvalue weighted by Gasteiger charge is 2.06. The molecule has 1 rings (SSSR count). The van der Waals surface area contributed by atoms with Crippen molar-refractivity contribution < 1.29 is 5.11 Å². The maximum absolute atomic E-state index is 9.81. The molecule has 0 saturated heterocycles. The Morgan fingerprint density at radius 2 is 2.00 bits per heavy atom. The Morgan fingerprint density at radius 3 is 2.57 bits per heavy atom. The minimum atomic E-state index is 0.451. The Balaban J connectivity index is 2.85. The van der Waals surface area contributed by atoms with Gasteiger partial charge >= 0.3 is 0 Å². The molecule has 1 aromatic rings. The summed E-state index contributed by atoms with van der Waals surface area (Å²) < 4.78 is 1.19. The lowest BCUT2D eigenvalue weighted by molar-refractivity contribution is 0.405. The first-order valence-electron chi connectivity index (χ1n) is 4.63. The van der Waals surface area contributed by atoms with Crippen molar-refractivity contribution in [3.63, 3.8) is 0 Å². The van der Waals surface area contributed by atoms with E-state index in [0.717, 1.165) is 24.1 Å². The molecule has 0 amide bonds. The topological polar surface area (TPSA) is 23.5 Å². The van der Waals surface area contributed by atoms with Crippen LogP contribution in [0.2, 0.25) is 0 Å². The van der Waals surface area contributed by atoms with E-state index in [4.69, 9.17) is 0 Å². The third-order valence-electron chi connectivity index (χ3n) is 2.17. The van der Waals surface area contributed by atoms with Crippen LogP contribution in [-0.2, 0) is 6.42 Å². The average Bonchev–Trinajstić information content (AvgIpc) is 2.08. The van der Waals surface area contributed by atoms with E-state index in [1.807, 2.05) is 33.2 Å². The summed E-state index contributed by atoms with van der Waals surface area (Å²) in [4.78, 5) is 2.12. The molecule has 0 radical (unpaired) electrons. The largest absolute Gasteiger partial charge is 0.507 e. The molecule has 0 unspecified atom stereocenters. The van der Waals surface area contributed by atoms with Crippen molar-refractivity contribution in [3.05, 3.63) is 26.8 Å². The molecule has 1 aromatic carbocycles. The van der Waals surface area contributed by atoms with E-state index in [9.17, 15) is 5.11 Å². The van der Waals surface area contributed by atoms with Crippen molar-refractivity contribution in [3.8, 4) is 5.75 Å². The lowest BCUT2D eigenvalue weighted by Gasteiger charge is -2.12. The van der Waals surface area contributed by atoms with E-state index in [-0.39, 0.29) is 0 Å². The molecule has 0 aliphatic rings. The van der Waals surface area contributed by atoms with Crippen molar-refractivity contribution in [2.24, 2.45) is 0 Å². The van der Waals surface area contributed by atoms with Gasteiger partial charge in [0.2, 0.25) is 0 Å². The molecule has 0 aliphatic carbocycles. The van der Waals surface area contributed by atoms with E-state index in [1.165, 1.54) is 3.57 Å². The second-order valence-corrected chi connectivity index (χ2v) is 5.03. The first-order chi connectivity index (χ1) is 6.50. The van der Waals surface area contributed by atoms with Crippen LogP contribution in [0.15, 0.2) is 12.1 Å². The van der Waals surface area contributed by atoms with E-state index in [1.54, 1.807) is 0 Å². The SMILES string of the molecule is Cc1cc(I)cc(CCN(C)C)c1O. The fraction of sp³-hybridized carbons (Fsp3) is 0.455. The molecular formula is C11H16INO. The Bertz CT molecular complexity index is 323. The van der Waals surface area contributed by atoms with Gasteiger partial charge in [0, 0.05) is 10.1 Å². The quantitative estimate of drug-likeness (QED) is 0.867. The van der Waals surface area contributed by atoms with Gasteiger partial charge in [0.05, 0.1) is 0 Å². The number of hydrogen-bond acceptors (Lipinski definition) is 2. The molecule has 78 valence electrons. The van der Waals surface area contributed by atoms with Crippen molar-refractivity contribution in [2.45, 2.75) is 13.3 Å². The van der Waals surface area contributed by atoms with Crippen LogP contribution in [0.5, 0.6) is 5.75 Å². The minimum absolute atomic E-state index is 0.451. The number of phenolic OH excluding ortho intramolecular Hbond substituents is 1. The van der Waals surface area contributed by atoms with Gasteiger partial charge < -0.3 is 10.0 Å². The van der Waals surface area contributed by atoms with Gasteiger partial charge in [-0.2, -0.15) is 0 Å². The molecule has 0 aliphatic heterocycles. The summed E-state index contributed by atoms with van der Waals surface area (Å²) in [5, 5.41) is 9.81. The van der Waals surface area contributed by atoms with Crippen molar-refractivity contribution >= 4 is 22.6 Å². The molecule has 0 atom stereocenters. The first-order valence-corrected chi connectivity index (χ1v) is 5.71. The number of rotatable bonds is 3. The molecule has 2 nitrogen and oxygen atoms in total. The Kier molecular flexibility index (Phi) is 4.19. The number of likely N-dealkylation sites (N-methyl/N-ethyl adjacent to an activating group) is 1. The number of hydrogen-bond donors (Lipinski definition) is 1. The fourth-order valence-electron chi connectivity index (χ4n) is 1.34. The maximum Gasteiger partial charge on any atom is 0.121 e. The zero-order valence-electron chi connectivity index (χ0n) is 8.84. The molecule has 0 heterocycles. The molecule has 0 spiro atoms. The highest BCUT2D eigenvalue weighted by atomic mass is 127. The summed E-state index contributed by atoms with van der Waals surface area (Å²) >= 11 is 2.28. The van der Waals surface area contributed by atoms with Gasteiger partial charge in [-0.25, -0.2) is 0 Å². The number of benzene rings is 1. The fourth-order valence-corrected chi connectivity index (χ4v) is 2.18. The molecule has 1 N–H and O–H groups in total. The van der Waals surface area contributed by atoms with Gasteiger partial charge in [0.25, 0.3) is 0 Å². The van der Waals surface area contributed by atoms with Gasteiger partial charge in [-0.05, 0) is 73.3 Å². The van der Waals surface area contributed by atoms with Crippen molar-refractivity contribution in [1.82, 2.24) is 4.90 Å². The molecular weight excluding hydrogens is 289 g/mol. The first kappa shape index (κ1) is 11.8. The number of halogens is 1. The highest BCUT2D eigenvalue weighted by molar-refractivity contribution is 14.1. The van der Waals surface area contributed by atoms with Crippen LogP contribution in [0.1, 0.15) is 11.1 Å². The standard InChI is InChI=1S/C11H16INO/c1-8-6-10(12)7-9(11(8)14)4-5-13(2)3/h6-7,14H,4-5H2,1-3H3. The normalized spacial score (nSPS) is 10.9. The van der Waals surface area contributed by atoms with Crippen molar-refractivity contribution in [2.75, 3.05) is 20.6 Å². The van der Waals surface area contributed by atoms with E-state index in [0.29, 0.717) is 5.75 Å². The van der Waals surface area contributed by atoms with Crippen LogP contribution >= 0.6 is 22.6 Å². The summed E-state index contributed by atoms with van der Waals surface area (Å²) in [6, 6.07) is 4.04. The Labute approximate surface area is 99.1 Å². The maximum atomic E-state index is 9.81. The zero-order chi connectivity index (χ0) is 10.7. The number of nitrogens with zero attached hydrogens (tertiary/aromatic N) is 1. The smallest absolute Gasteiger partial charge is 0.121 e. The molecule has 0 fully saturated rings. The predicted octanol–water partition coefficient (Wildman–Crippen LogP) is 2.41. The van der Waals surface area contributed by atoms with Crippen LogP contribution in [0.3, 0.4) is 0 Å². The van der Waals surface area contributed by atoms with Crippen LogP contribution in [0, 0.1) is 10.5 Å². The van der Waals surface area contributed by atoms with E-state index in [2.05, 4.69) is 27.5 Å². The third kappa shape index (κ3) is 3.13. The molecule has 0 saturated carbocycles. The third-order valence-corrected chi connectivity index (χ3v) is 2.80. The van der Waals surface area contributed by atoms with Crippen LogP contribution in [-0.4, -0.2) is 30.6 Å². The molecule has 3 heteroatoms. The molecule has 0 bridgehead atoms. The average molecular weight is 305 g/mol. The van der Waals surface area contributed by atoms with Crippen molar-refractivity contribution in [1.29, 1.82) is 0 Å². The summed E-state index contributed by atoms with van der Waals surface area (Å²) in [6.07, 6.45) is 0.899. The molecule has 14 heavy (non-hydrogen) atoms. The summed E-state index contributed by atoms with van der Waals surface area (Å²) in [5.74, 6) is 0.451. The van der Waals surface area contributed by atoms with Gasteiger partial charge in [-0.3, -0.25) is 0 Å². The number of aromatic hydroxyl groups is 1. The second kappa shape index (κ2) is 4.98. The predicted molar refractivity (Wildman–Crippen MR) is 67.8 cm³/mol. The summed E-state index contributed by atoms with van der Waals surface area (Å²) in [7, 11) is 4.08. The van der Waals surface area contributed by atoms with E-state index < -0.39 is 0 Å². The zero-order valence-corrected chi connectivity index (χ0v) is 11.0. The lowest BCUT2D eigenvalue weighted by atomic mass is 10.1. The second-order valence-electron chi connectivity index (χ2n) is 3.78. The summed E-state index contributed by atoms with van der Waals surface area (Å²) in [6.45, 7) is 2.91. The minimum Gasteiger partial charge on any atom is -0.507 e. The van der Waals surface area contributed by atoms with Gasteiger partial charge in [0.1, 0.15) is 5.75 Å². The highest BCUT2D eigenvalue weighted by Crippen LogP contribution is 2.25. The Morgan fingerprint density at radius 1 is 1.36 bits per heavy atom. The van der Waals surface area contributed by atoms with Gasteiger partial charge in [-0.1, -0.05) is 0 Å². The summed E-state index contributed by atoms with van der Waals surface area (Å²) in [5.41, 5.74) is 2.01. The van der Waals surface area contributed by atoms with E-state index >= 15 is 0 Å². The van der Waals surface area contributed by atoms with Gasteiger partial charge in [0.15, 0.2) is 0 Å². The lowest BCUT2D eigenvalue weighted by Crippen LogP contribution is -2.15. The monoisotopic (exact) mass is 305 g/mol. The van der Waals surface area contributed by atoms with Crippen LogP contribution in [0.25, 0.3) is 0 Å². The number of aryl methyl sites for hydroxylation is 1. The number of phenols is 1. The Hall–Kier alpha value is -0.290. The molecule has 0 aromatic heterocycles.